The van der Waals surface area contributed by atoms with Gasteiger partial charge in [0.05, 0.1) is 5.56 Å². The van der Waals surface area contributed by atoms with Crippen LogP contribution >= 0.6 is 0 Å². The van der Waals surface area contributed by atoms with Crippen LogP contribution in [0.2, 0.25) is 0 Å². The van der Waals surface area contributed by atoms with E-state index in [1.165, 1.54) is 6.20 Å². The van der Waals surface area contributed by atoms with Crippen LogP contribution in [0.25, 0.3) is 10.9 Å². The monoisotopic (exact) mass is 541 g/mol. The second kappa shape index (κ2) is 8.65. The predicted octanol–water partition coefficient (Wildman–Crippen LogP) is 2.78. The number of allylic oxidation sites excluding steroid dienone is 2. The fourth-order valence-corrected chi connectivity index (χ4v) is 6.64. The number of phenolic OH excluding ortho intramolecular Hbond substituents is 1. The van der Waals surface area contributed by atoms with E-state index in [4.69, 9.17) is 5.73 Å². The number of fused-ring (bicyclic) bond motifs is 4. The number of ketones is 2. The zero-order chi connectivity index (χ0) is 28.7. The fraction of sp³-hybridized carbons (Fsp3) is 0.267. The molecule has 1 unspecified atom stereocenters. The lowest BCUT2D eigenvalue weighted by Gasteiger charge is -2.48. The molecule has 204 valence electrons. The maximum Gasteiger partial charge on any atom is 0.255 e. The van der Waals surface area contributed by atoms with E-state index in [-0.39, 0.29) is 35.2 Å². The summed E-state index contributed by atoms with van der Waals surface area (Å²) in [6.45, 7) is 0. The number of nitrogens with zero attached hydrogens (tertiary/aromatic N) is 2. The number of amides is 1. The average molecular weight is 542 g/mol. The van der Waals surface area contributed by atoms with E-state index in [1.54, 1.807) is 18.2 Å². The second-order valence-electron chi connectivity index (χ2n) is 10.8. The summed E-state index contributed by atoms with van der Waals surface area (Å²) in [5.41, 5.74) is 3.99. The third-order valence-corrected chi connectivity index (χ3v) is 8.54. The zero-order valence-corrected chi connectivity index (χ0v) is 21.8. The number of pyridine rings is 1. The van der Waals surface area contributed by atoms with Crippen LogP contribution in [0.15, 0.2) is 71.3 Å². The van der Waals surface area contributed by atoms with Crippen molar-refractivity contribution in [1.29, 1.82) is 0 Å². The fourth-order valence-electron chi connectivity index (χ4n) is 6.64. The first-order valence-electron chi connectivity index (χ1n) is 12.8. The van der Waals surface area contributed by atoms with E-state index < -0.39 is 57.9 Å². The number of phenols is 1. The lowest BCUT2D eigenvalue weighted by atomic mass is 9.56. The Labute approximate surface area is 228 Å². The molecule has 0 fully saturated rings. The Bertz CT molecular complexity index is 1710. The van der Waals surface area contributed by atoms with Gasteiger partial charge in [-0.05, 0) is 41.8 Å². The minimum atomic E-state index is -2.64. The molecule has 6 N–H and O–H groups in total. The maximum absolute atomic E-state index is 14.1. The Balaban J connectivity index is 1.64. The highest BCUT2D eigenvalue weighted by atomic mass is 16.3. The topological polar surface area (TPSA) is 174 Å². The summed E-state index contributed by atoms with van der Waals surface area (Å²) in [4.78, 5) is 45.5. The van der Waals surface area contributed by atoms with Gasteiger partial charge >= 0.3 is 0 Å². The van der Waals surface area contributed by atoms with Crippen LogP contribution < -0.4 is 10.6 Å². The molecule has 2 aromatic carbocycles. The highest BCUT2D eigenvalue weighted by molar-refractivity contribution is 6.24. The van der Waals surface area contributed by atoms with Gasteiger partial charge in [0.15, 0.2) is 17.1 Å². The van der Waals surface area contributed by atoms with E-state index in [2.05, 4.69) is 4.98 Å². The van der Waals surface area contributed by atoms with Gasteiger partial charge in [-0.3, -0.25) is 19.4 Å². The molecule has 0 aliphatic heterocycles. The van der Waals surface area contributed by atoms with Crippen molar-refractivity contribution >= 4 is 34.1 Å². The number of aromatic hydroxyl groups is 1. The minimum Gasteiger partial charge on any atom is -0.511 e. The Morgan fingerprint density at radius 3 is 2.45 bits per heavy atom. The summed E-state index contributed by atoms with van der Waals surface area (Å²) < 4.78 is 0. The summed E-state index contributed by atoms with van der Waals surface area (Å²) in [5.74, 6) is -7.40. The van der Waals surface area contributed by atoms with Crippen LogP contribution in [0.4, 0.5) is 5.69 Å². The Morgan fingerprint density at radius 1 is 1.10 bits per heavy atom. The Hall–Kier alpha value is -4.70. The number of hydrogen-bond acceptors (Lipinski definition) is 9. The van der Waals surface area contributed by atoms with Crippen LogP contribution in [-0.4, -0.2) is 62.6 Å². The van der Waals surface area contributed by atoms with Gasteiger partial charge in [-0.2, -0.15) is 0 Å². The molecule has 3 aliphatic carbocycles. The number of carbonyl (C=O) groups excluding carboxylic acids is 3. The molecule has 1 heterocycles. The average Bonchev–Trinajstić information content (AvgIpc) is 2.91. The first-order chi connectivity index (χ1) is 19.0. The van der Waals surface area contributed by atoms with Crippen molar-refractivity contribution < 1.29 is 34.8 Å². The number of hydrogen-bond donors (Lipinski definition) is 5. The molecular formula is C30H27N3O7. The number of primary amides is 1. The number of anilines is 1. The van der Waals surface area contributed by atoms with Gasteiger partial charge in [0, 0.05) is 61.1 Å². The van der Waals surface area contributed by atoms with Crippen molar-refractivity contribution in [1.82, 2.24) is 4.98 Å². The van der Waals surface area contributed by atoms with E-state index in [1.807, 2.05) is 43.3 Å². The van der Waals surface area contributed by atoms with Crippen LogP contribution in [0.3, 0.4) is 0 Å². The lowest BCUT2D eigenvalue weighted by molar-refractivity contribution is -0.144. The summed E-state index contributed by atoms with van der Waals surface area (Å²) >= 11 is 0. The van der Waals surface area contributed by atoms with E-state index in [0.29, 0.717) is 10.9 Å². The number of aliphatic hydroxyl groups excluding tert-OH is 2. The molecule has 1 aromatic heterocycles. The second-order valence-corrected chi connectivity index (χ2v) is 10.8. The van der Waals surface area contributed by atoms with Crippen molar-refractivity contribution in [3.05, 3.63) is 88.0 Å². The number of Topliss-reactive ketones (excluding diaryl/α,β-unsaturated/α-hetero) is 2. The quantitative estimate of drug-likeness (QED) is 0.312. The number of nitrogens with two attached hydrogens (primary N) is 1. The van der Waals surface area contributed by atoms with Gasteiger partial charge in [-0.15, -0.1) is 0 Å². The van der Waals surface area contributed by atoms with Gasteiger partial charge < -0.3 is 31.1 Å². The molecule has 0 radical (unpaired) electrons. The summed E-state index contributed by atoms with van der Waals surface area (Å²) in [6.07, 6.45) is 1.21. The molecule has 10 heteroatoms. The summed E-state index contributed by atoms with van der Waals surface area (Å²) in [7, 11) is 3.81. The number of rotatable bonds is 3. The van der Waals surface area contributed by atoms with Crippen LogP contribution in [0, 0.1) is 11.8 Å². The van der Waals surface area contributed by atoms with Crippen molar-refractivity contribution in [3.63, 3.8) is 0 Å². The Kier molecular flexibility index (Phi) is 5.53. The molecule has 10 nitrogen and oxygen atoms in total. The molecule has 3 aliphatic rings. The molecule has 0 bridgehead atoms. The standard InChI is InChI=1S/C30H27N3O7/c1-33(2)16-7-5-13(6-8-16)20-17-10-14-4-3-9-32-24(14)26(36)21(17)25(35)22-18(20)11-15-12-19(34)23(29(31)39)28(38)30(15,40)27(22)37/h3-10,15,18,20,34,36-37,40H,11-12H2,1-2H3,(H2,31,39)/t15-,18?,20-,30-/m0/s1. The van der Waals surface area contributed by atoms with E-state index in [0.717, 1.165) is 11.3 Å². The minimum absolute atomic E-state index is 0.0227. The maximum atomic E-state index is 14.1. The molecule has 0 saturated heterocycles. The summed E-state index contributed by atoms with van der Waals surface area (Å²) in [6, 6.07) is 12.9. The smallest absolute Gasteiger partial charge is 0.255 e. The lowest BCUT2D eigenvalue weighted by Crippen LogP contribution is -2.57. The van der Waals surface area contributed by atoms with Crippen molar-refractivity contribution in [2.24, 2.45) is 17.6 Å². The molecule has 40 heavy (non-hydrogen) atoms. The van der Waals surface area contributed by atoms with Gasteiger partial charge in [-0.1, -0.05) is 18.2 Å². The normalized spacial score (nSPS) is 25.9. The van der Waals surface area contributed by atoms with Gasteiger partial charge in [-0.25, -0.2) is 0 Å². The molecule has 4 atom stereocenters. The first kappa shape index (κ1) is 25.6. The van der Waals surface area contributed by atoms with Crippen LogP contribution in [0.1, 0.15) is 40.2 Å². The predicted molar refractivity (Wildman–Crippen MR) is 145 cm³/mol. The highest BCUT2D eigenvalue weighted by Crippen LogP contribution is 2.57. The highest BCUT2D eigenvalue weighted by Gasteiger charge is 2.61. The number of aromatic nitrogens is 1. The SMILES string of the molecule is CN(C)c1ccc([C@H]2c3cc4cccnc4c(O)c3C(=O)C3=C(O)[C@]4(O)C(=O)C(C(N)=O)=C(O)C[C@@H]4CC32)cc1. The molecule has 3 aromatic rings. The first-order valence-corrected chi connectivity index (χ1v) is 12.8. The van der Waals surface area contributed by atoms with Crippen LogP contribution in [0.5, 0.6) is 5.75 Å². The molecular weight excluding hydrogens is 514 g/mol. The summed E-state index contributed by atoms with van der Waals surface area (Å²) in [5, 5.41) is 45.6. The number of aliphatic hydroxyl groups is 3. The van der Waals surface area contributed by atoms with Gasteiger partial charge in [0.1, 0.15) is 22.6 Å². The third-order valence-electron chi connectivity index (χ3n) is 8.54. The van der Waals surface area contributed by atoms with Crippen LogP contribution in [-0.2, 0) is 9.59 Å². The molecule has 0 saturated carbocycles. The largest absolute Gasteiger partial charge is 0.511 e. The van der Waals surface area contributed by atoms with Gasteiger partial charge in [0.2, 0.25) is 5.78 Å². The third kappa shape index (κ3) is 3.32. The van der Waals surface area contributed by atoms with Gasteiger partial charge in [0.25, 0.3) is 5.91 Å². The van der Waals surface area contributed by atoms with E-state index >= 15 is 0 Å². The Morgan fingerprint density at radius 2 is 1.80 bits per heavy atom. The van der Waals surface area contributed by atoms with Crippen molar-refractivity contribution in [2.45, 2.75) is 24.4 Å². The number of carbonyl (C=O) groups is 3. The van der Waals surface area contributed by atoms with E-state index in [9.17, 15) is 34.8 Å². The van der Waals surface area contributed by atoms with Crippen molar-refractivity contribution in [2.75, 3.05) is 19.0 Å². The zero-order valence-electron chi connectivity index (χ0n) is 21.8. The molecule has 1 amide bonds. The van der Waals surface area contributed by atoms with Crippen molar-refractivity contribution in [3.8, 4) is 5.75 Å². The molecule has 0 spiro atoms. The molecule has 6 rings (SSSR count). The number of benzene rings is 2.